The topological polar surface area (TPSA) is 70.2 Å². The first kappa shape index (κ1) is 17.7. The summed E-state index contributed by atoms with van der Waals surface area (Å²) in [6, 6.07) is 12.9. The molecule has 3 amide bonds. The lowest BCUT2D eigenvalue weighted by Gasteiger charge is -2.29. The lowest BCUT2D eigenvalue weighted by atomic mass is 9.92. The summed E-state index contributed by atoms with van der Waals surface area (Å²) in [7, 11) is 0. The van der Waals surface area contributed by atoms with Crippen molar-refractivity contribution in [3.63, 3.8) is 0 Å². The number of hydrogen-bond donors (Lipinski definition) is 3. The normalized spacial score (nSPS) is 16.8. The lowest BCUT2D eigenvalue weighted by Crippen LogP contribution is -2.46. The summed E-state index contributed by atoms with van der Waals surface area (Å²) < 4.78 is 0. The van der Waals surface area contributed by atoms with Gasteiger partial charge in [-0.25, -0.2) is 4.79 Å². The molecule has 5 nitrogen and oxygen atoms in total. The molecule has 1 heterocycles. The molecule has 0 spiro atoms. The molecule has 26 heavy (non-hydrogen) atoms. The van der Waals surface area contributed by atoms with E-state index >= 15 is 0 Å². The molecule has 5 heteroatoms. The predicted molar refractivity (Wildman–Crippen MR) is 103 cm³/mol. The lowest BCUT2D eigenvalue weighted by molar-refractivity contribution is -0.113. The van der Waals surface area contributed by atoms with Crippen molar-refractivity contribution in [1.29, 1.82) is 0 Å². The zero-order valence-electron chi connectivity index (χ0n) is 15.4. The number of hydrogen-bond acceptors (Lipinski definition) is 2. The molecule has 0 radical (unpaired) electrons. The SMILES string of the molecule is CC1=C(C(=O)Nc2cc(C)ccc2C)[C@H](c2ccccc2C)NC(=O)N1. The third-order valence-corrected chi connectivity index (χ3v) is 4.65. The summed E-state index contributed by atoms with van der Waals surface area (Å²) in [6.07, 6.45) is 0. The van der Waals surface area contributed by atoms with Crippen LogP contribution in [0.15, 0.2) is 53.7 Å². The van der Waals surface area contributed by atoms with Crippen molar-refractivity contribution in [2.45, 2.75) is 33.7 Å². The molecule has 1 aliphatic rings. The minimum absolute atomic E-state index is 0.225. The van der Waals surface area contributed by atoms with Crippen molar-refractivity contribution in [2.24, 2.45) is 0 Å². The molecule has 3 rings (SSSR count). The van der Waals surface area contributed by atoms with Crippen molar-refractivity contribution in [3.8, 4) is 0 Å². The van der Waals surface area contributed by atoms with Crippen LogP contribution in [0, 0.1) is 20.8 Å². The highest BCUT2D eigenvalue weighted by Gasteiger charge is 2.32. The second-order valence-corrected chi connectivity index (χ2v) is 6.70. The minimum atomic E-state index is -0.491. The Morgan fingerprint density at radius 1 is 1.00 bits per heavy atom. The fourth-order valence-corrected chi connectivity index (χ4v) is 3.20. The van der Waals surface area contributed by atoms with Crippen molar-refractivity contribution in [1.82, 2.24) is 10.6 Å². The van der Waals surface area contributed by atoms with Crippen LogP contribution in [0.25, 0.3) is 0 Å². The van der Waals surface area contributed by atoms with Gasteiger partial charge in [-0.1, -0.05) is 36.4 Å². The fraction of sp³-hybridized carbons (Fsp3) is 0.238. The van der Waals surface area contributed by atoms with Crippen LogP contribution >= 0.6 is 0 Å². The summed E-state index contributed by atoms with van der Waals surface area (Å²) in [5.41, 5.74) is 5.84. The molecule has 134 valence electrons. The molecule has 0 fully saturated rings. The Morgan fingerprint density at radius 2 is 1.73 bits per heavy atom. The zero-order valence-corrected chi connectivity index (χ0v) is 15.4. The van der Waals surface area contributed by atoms with E-state index in [-0.39, 0.29) is 11.9 Å². The maximum absolute atomic E-state index is 13.1. The van der Waals surface area contributed by atoms with Crippen molar-refractivity contribution in [3.05, 3.63) is 76.0 Å². The quantitative estimate of drug-likeness (QED) is 0.787. The van der Waals surface area contributed by atoms with Gasteiger partial charge < -0.3 is 16.0 Å². The smallest absolute Gasteiger partial charge is 0.319 e. The average Bonchev–Trinajstić information content (AvgIpc) is 2.57. The fourth-order valence-electron chi connectivity index (χ4n) is 3.20. The third-order valence-electron chi connectivity index (χ3n) is 4.65. The number of allylic oxidation sites excluding steroid dienone is 1. The van der Waals surface area contributed by atoms with Crippen LogP contribution in [-0.4, -0.2) is 11.9 Å². The van der Waals surface area contributed by atoms with E-state index in [0.29, 0.717) is 11.3 Å². The number of carbonyl (C=O) groups is 2. The summed E-state index contributed by atoms with van der Waals surface area (Å²) in [4.78, 5) is 25.1. The highest BCUT2D eigenvalue weighted by molar-refractivity contribution is 6.07. The molecule has 0 unspecified atom stereocenters. The molecular weight excluding hydrogens is 326 g/mol. The standard InChI is InChI=1S/C21H23N3O2/c1-12-9-10-14(3)17(11-12)23-20(25)18-15(4)22-21(26)24-19(18)16-8-6-5-7-13(16)2/h5-11,19H,1-4H3,(H,23,25)(H2,22,24,26)/t19-/m0/s1. The van der Waals surface area contributed by atoms with E-state index in [9.17, 15) is 9.59 Å². The van der Waals surface area contributed by atoms with Crippen LogP contribution in [0.3, 0.4) is 0 Å². The number of benzene rings is 2. The molecular formula is C21H23N3O2. The molecule has 0 saturated carbocycles. The van der Waals surface area contributed by atoms with Gasteiger partial charge in [0.15, 0.2) is 0 Å². The van der Waals surface area contributed by atoms with Gasteiger partial charge in [-0.15, -0.1) is 0 Å². The van der Waals surface area contributed by atoms with E-state index < -0.39 is 6.04 Å². The van der Waals surface area contributed by atoms with Crippen molar-refractivity contribution in [2.75, 3.05) is 5.32 Å². The van der Waals surface area contributed by atoms with Crippen LogP contribution < -0.4 is 16.0 Å². The molecule has 2 aromatic rings. The van der Waals surface area contributed by atoms with Crippen LogP contribution in [0.1, 0.15) is 35.2 Å². The Balaban J connectivity index is 2.00. The summed E-state index contributed by atoms with van der Waals surface area (Å²) in [5, 5.41) is 8.58. The number of anilines is 1. The van der Waals surface area contributed by atoms with Crippen LogP contribution in [0.4, 0.5) is 10.5 Å². The number of carbonyl (C=O) groups excluding carboxylic acids is 2. The van der Waals surface area contributed by atoms with E-state index in [4.69, 9.17) is 0 Å². The van der Waals surface area contributed by atoms with Gasteiger partial charge in [0.2, 0.25) is 0 Å². The molecule has 0 aromatic heterocycles. The minimum Gasteiger partial charge on any atom is -0.327 e. The van der Waals surface area contributed by atoms with Gasteiger partial charge >= 0.3 is 6.03 Å². The van der Waals surface area contributed by atoms with Gasteiger partial charge in [-0.05, 0) is 56.0 Å². The maximum Gasteiger partial charge on any atom is 0.319 e. The first-order valence-corrected chi connectivity index (χ1v) is 8.59. The monoisotopic (exact) mass is 349 g/mol. The van der Waals surface area contributed by atoms with Crippen LogP contribution in [0.5, 0.6) is 0 Å². The Bertz CT molecular complexity index is 915. The second kappa shape index (κ2) is 7.04. The van der Waals surface area contributed by atoms with E-state index in [2.05, 4.69) is 16.0 Å². The van der Waals surface area contributed by atoms with Crippen molar-refractivity contribution < 1.29 is 9.59 Å². The summed E-state index contributed by atoms with van der Waals surface area (Å²) in [6.45, 7) is 7.66. The van der Waals surface area contributed by atoms with Crippen LogP contribution in [0.2, 0.25) is 0 Å². The van der Waals surface area contributed by atoms with Gasteiger partial charge in [0, 0.05) is 11.4 Å². The average molecular weight is 349 g/mol. The van der Waals surface area contributed by atoms with Gasteiger partial charge in [0.25, 0.3) is 5.91 Å². The number of nitrogens with one attached hydrogen (secondary N) is 3. The van der Waals surface area contributed by atoms with Crippen LogP contribution in [-0.2, 0) is 4.79 Å². The number of aryl methyl sites for hydroxylation is 3. The summed E-state index contributed by atoms with van der Waals surface area (Å²) >= 11 is 0. The zero-order chi connectivity index (χ0) is 18.8. The Labute approximate surface area is 153 Å². The molecule has 0 aliphatic carbocycles. The van der Waals surface area contributed by atoms with Crippen molar-refractivity contribution >= 4 is 17.6 Å². The molecule has 0 saturated heterocycles. The largest absolute Gasteiger partial charge is 0.327 e. The predicted octanol–water partition coefficient (Wildman–Crippen LogP) is 3.88. The third kappa shape index (κ3) is 3.47. The molecule has 1 aliphatic heterocycles. The first-order valence-electron chi connectivity index (χ1n) is 8.59. The van der Waals surface area contributed by atoms with E-state index in [1.165, 1.54) is 0 Å². The maximum atomic E-state index is 13.1. The molecule has 0 bridgehead atoms. The van der Waals surface area contributed by atoms with Gasteiger partial charge in [-0.3, -0.25) is 4.79 Å². The van der Waals surface area contributed by atoms with E-state index in [1.54, 1.807) is 6.92 Å². The van der Waals surface area contributed by atoms with Gasteiger partial charge in [-0.2, -0.15) is 0 Å². The molecule has 2 aromatic carbocycles. The van der Waals surface area contributed by atoms with E-state index in [1.807, 2.05) is 63.2 Å². The highest BCUT2D eigenvalue weighted by Crippen LogP contribution is 2.30. The number of urea groups is 1. The first-order chi connectivity index (χ1) is 12.4. The number of amides is 3. The number of rotatable bonds is 3. The second-order valence-electron chi connectivity index (χ2n) is 6.70. The molecule has 3 N–H and O–H groups in total. The Hall–Kier alpha value is -3.08. The van der Waals surface area contributed by atoms with Gasteiger partial charge in [0.1, 0.15) is 0 Å². The van der Waals surface area contributed by atoms with E-state index in [0.717, 1.165) is 27.9 Å². The Kier molecular flexibility index (Phi) is 4.80. The highest BCUT2D eigenvalue weighted by atomic mass is 16.2. The summed E-state index contributed by atoms with van der Waals surface area (Å²) in [5.74, 6) is -0.225. The molecule has 1 atom stereocenters. The van der Waals surface area contributed by atoms with Gasteiger partial charge in [0.05, 0.1) is 11.6 Å². The Morgan fingerprint density at radius 3 is 2.46 bits per heavy atom.